The zero-order chi connectivity index (χ0) is 12.8. The van der Waals surface area contributed by atoms with Crippen LogP contribution in [-0.4, -0.2) is 24.4 Å². The number of amides is 1. The molecular formula is C14H20FNO. The molecule has 0 unspecified atom stereocenters. The molecule has 0 saturated carbocycles. The Labute approximate surface area is 102 Å². The van der Waals surface area contributed by atoms with E-state index in [0.717, 1.165) is 25.8 Å². The lowest BCUT2D eigenvalue weighted by molar-refractivity contribution is 0.0792. The molecule has 0 atom stereocenters. The molecule has 0 N–H and O–H groups in total. The van der Waals surface area contributed by atoms with E-state index in [9.17, 15) is 9.18 Å². The molecule has 2 nitrogen and oxygen atoms in total. The molecule has 0 saturated heterocycles. The summed E-state index contributed by atoms with van der Waals surface area (Å²) in [6.07, 6.45) is 3.27. The number of hydrogen-bond acceptors (Lipinski definition) is 1. The summed E-state index contributed by atoms with van der Waals surface area (Å²) >= 11 is 0. The summed E-state index contributed by atoms with van der Waals surface area (Å²) in [7, 11) is 1.79. The molecule has 0 aliphatic rings. The molecule has 0 radical (unpaired) electrons. The van der Waals surface area contributed by atoms with Crippen LogP contribution >= 0.6 is 0 Å². The minimum Gasteiger partial charge on any atom is -0.342 e. The Morgan fingerprint density at radius 1 is 1.35 bits per heavy atom. The van der Waals surface area contributed by atoms with E-state index in [1.54, 1.807) is 24.9 Å². The molecule has 94 valence electrons. The molecule has 0 heterocycles. The lowest BCUT2D eigenvalue weighted by Gasteiger charge is -2.18. The number of unbranched alkanes of at least 4 members (excludes halogenated alkanes) is 2. The summed E-state index contributed by atoms with van der Waals surface area (Å²) in [6, 6.07) is 4.29. The van der Waals surface area contributed by atoms with Crippen molar-refractivity contribution in [3.05, 3.63) is 35.1 Å². The van der Waals surface area contributed by atoms with E-state index in [1.165, 1.54) is 12.1 Å². The fraction of sp³-hybridized carbons (Fsp3) is 0.500. The summed E-state index contributed by atoms with van der Waals surface area (Å²) in [5, 5.41) is 0. The SMILES string of the molecule is CCCCCN(C)C(=O)c1ccc(F)cc1C. The van der Waals surface area contributed by atoms with E-state index in [2.05, 4.69) is 6.92 Å². The fourth-order valence-electron chi connectivity index (χ4n) is 1.77. The van der Waals surface area contributed by atoms with Gasteiger partial charge in [0, 0.05) is 19.2 Å². The van der Waals surface area contributed by atoms with E-state index >= 15 is 0 Å². The molecule has 3 heteroatoms. The summed E-state index contributed by atoms with van der Waals surface area (Å²) in [5.74, 6) is -0.328. The normalized spacial score (nSPS) is 10.4. The van der Waals surface area contributed by atoms with Gasteiger partial charge in [0.2, 0.25) is 0 Å². The molecule has 1 aromatic rings. The van der Waals surface area contributed by atoms with Gasteiger partial charge in [0.15, 0.2) is 0 Å². The quantitative estimate of drug-likeness (QED) is 0.719. The van der Waals surface area contributed by atoms with Crippen LogP contribution in [0.25, 0.3) is 0 Å². The Morgan fingerprint density at radius 2 is 2.06 bits per heavy atom. The van der Waals surface area contributed by atoms with Crippen molar-refractivity contribution >= 4 is 5.91 Å². The molecule has 1 aromatic carbocycles. The minimum atomic E-state index is -0.298. The highest BCUT2D eigenvalue weighted by atomic mass is 19.1. The Balaban J connectivity index is 2.68. The number of rotatable bonds is 5. The molecule has 17 heavy (non-hydrogen) atoms. The van der Waals surface area contributed by atoms with Crippen molar-refractivity contribution < 1.29 is 9.18 Å². The molecule has 0 spiro atoms. The van der Waals surface area contributed by atoms with Gasteiger partial charge >= 0.3 is 0 Å². The van der Waals surface area contributed by atoms with E-state index in [1.807, 2.05) is 0 Å². The molecule has 0 aromatic heterocycles. The second-order valence-electron chi connectivity index (χ2n) is 4.39. The van der Waals surface area contributed by atoms with Gasteiger partial charge in [-0.15, -0.1) is 0 Å². The largest absolute Gasteiger partial charge is 0.342 e. The zero-order valence-corrected chi connectivity index (χ0v) is 10.8. The predicted molar refractivity (Wildman–Crippen MR) is 67.6 cm³/mol. The smallest absolute Gasteiger partial charge is 0.253 e. The third-order valence-corrected chi connectivity index (χ3v) is 2.86. The number of carbonyl (C=O) groups is 1. The predicted octanol–water partition coefficient (Wildman–Crippen LogP) is 3.40. The monoisotopic (exact) mass is 237 g/mol. The van der Waals surface area contributed by atoms with Gasteiger partial charge in [0.05, 0.1) is 0 Å². The first-order valence-electron chi connectivity index (χ1n) is 6.08. The third kappa shape index (κ3) is 3.84. The number of benzene rings is 1. The Bertz CT molecular complexity index is 390. The minimum absolute atomic E-state index is 0.0291. The number of nitrogens with zero attached hydrogens (tertiary/aromatic N) is 1. The molecular weight excluding hydrogens is 217 g/mol. The standard InChI is InChI=1S/C14H20FNO/c1-4-5-6-9-16(3)14(17)13-8-7-12(15)10-11(13)2/h7-8,10H,4-6,9H2,1-3H3. The van der Waals surface area contributed by atoms with E-state index < -0.39 is 0 Å². The van der Waals surface area contributed by atoms with E-state index in [4.69, 9.17) is 0 Å². The first-order valence-corrected chi connectivity index (χ1v) is 6.08. The van der Waals surface area contributed by atoms with Crippen molar-refractivity contribution in [2.45, 2.75) is 33.1 Å². The van der Waals surface area contributed by atoms with Crippen LogP contribution in [0.15, 0.2) is 18.2 Å². The van der Waals surface area contributed by atoms with Gasteiger partial charge in [-0.25, -0.2) is 4.39 Å². The second kappa shape index (κ2) is 6.38. The fourth-order valence-corrected chi connectivity index (χ4v) is 1.77. The van der Waals surface area contributed by atoms with Crippen molar-refractivity contribution in [1.29, 1.82) is 0 Å². The van der Waals surface area contributed by atoms with Gasteiger partial charge in [-0.2, -0.15) is 0 Å². The van der Waals surface area contributed by atoms with Gasteiger partial charge < -0.3 is 4.90 Å². The summed E-state index contributed by atoms with van der Waals surface area (Å²) in [5.41, 5.74) is 1.28. The van der Waals surface area contributed by atoms with Gasteiger partial charge in [-0.1, -0.05) is 19.8 Å². The van der Waals surface area contributed by atoms with Crippen molar-refractivity contribution in [3.8, 4) is 0 Å². The number of hydrogen-bond donors (Lipinski definition) is 0. The molecule has 1 rings (SSSR count). The number of halogens is 1. The zero-order valence-electron chi connectivity index (χ0n) is 10.8. The average Bonchev–Trinajstić information content (AvgIpc) is 2.28. The molecule has 1 amide bonds. The lowest BCUT2D eigenvalue weighted by Crippen LogP contribution is -2.28. The van der Waals surface area contributed by atoms with Gasteiger partial charge in [-0.3, -0.25) is 4.79 Å². The molecule has 0 fully saturated rings. The Kier molecular flexibility index (Phi) is 5.13. The van der Waals surface area contributed by atoms with Gasteiger partial charge in [0.25, 0.3) is 5.91 Å². The van der Waals surface area contributed by atoms with Gasteiger partial charge in [0.1, 0.15) is 5.82 Å². The Hall–Kier alpha value is -1.38. The first-order chi connectivity index (χ1) is 8.06. The topological polar surface area (TPSA) is 20.3 Å². The van der Waals surface area contributed by atoms with Crippen molar-refractivity contribution in [2.24, 2.45) is 0 Å². The van der Waals surface area contributed by atoms with Crippen LogP contribution in [0.2, 0.25) is 0 Å². The van der Waals surface area contributed by atoms with Crippen molar-refractivity contribution in [2.75, 3.05) is 13.6 Å². The number of aryl methyl sites for hydroxylation is 1. The highest BCUT2D eigenvalue weighted by Crippen LogP contribution is 2.12. The van der Waals surface area contributed by atoms with Crippen LogP contribution in [0.3, 0.4) is 0 Å². The molecule has 0 bridgehead atoms. The van der Waals surface area contributed by atoms with Crippen LogP contribution in [0.5, 0.6) is 0 Å². The van der Waals surface area contributed by atoms with Crippen molar-refractivity contribution in [1.82, 2.24) is 4.90 Å². The lowest BCUT2D eigenvalue weighted by atomic mass is 10.1. The van der Waals surface area contributed by atoms with Crippen molar-refractivity contribution in [3.63, 3.8) is 0 Å². The first kappa shape index (κ1) is 13.7. The number of carbonyl (C=O) groups excluding carboxylic acids is 1. The van der Waals surface area contributed by atoms with Crippen LogP contribution in [-0.2, 0) is 0 Å². The highest BCUT2D eigenvalue weighted by Gasteiger charge is 2.13. The average molecular weight is 237 g/mol. The van der Waals surface area contributed by atoms with Crippen LogP contribution in [0.1, 0.15) is 42.1 Å². The second-order valence-corrected chi connectivity index (χ2v) is 4.39. The summed E-state index contributed by atoms with van der Waals surface area (Å²) < 4.78 is 12.9. The highest BCUT2D eigenvalue weighted by molar-refractivity contribution is 5.95. The molecule has 0 aliphatic carbocycles. The molecule has 0 aliphatic heterocycles. The van der Waals surface area contributed by atoms with Crippen LogP contribution in [0, 0.1) is 12.7 Å². The summed E-state index contributed by atoms with van der Waals surface area (Å²) in [6.45, 7) is 4.64. The summed E-state index contributed by atoms with van der Waals surface area (Å²) in [4.78, 5) is 13.8. The van der Waals surface area contributed by atoms with E-state index in [0.29, 0.717) is 11.1 Å². The van der Waals surface area contributed by atoms with Gasteiger partial charge in [-0.05, 0) is 37.1 Å². The van der Waals surface area contributed by atoms with E-state index in [-0.39, 0.29) is 11.7 Å². The van der Waals surface area contributed by atoms with Crippen LogP contribution < -0.4 is 0 Å². The maximum atomic E-state index is 12.9. The third-order valence-electron chi connectivity index (χ3n) is 2.86. The Morgan fingerprint density at radius 3 is 2.65 bits per heavy atom. The van der Waals surface area contributed by atoms with Crippen LogP contribution in [0.4, 0.5) is 4.39 Å². The maximum absolute atomic E-state index is 12.9. The maximum Gasteiger partial charge on any atom is 0.253 e.